The SMILES string of the molecule is CC[C@@H](C(=O)NC1CCCC1)N(Cc1ccc(Cl)c(Cl)c1)C(=O)CCc1ccc2c(c1)OCO2. The Morgan fingerprint density at radius 2 is 1.76 bits per heavy atom. The second-order valence-corrected chi connectivity index (χ2v) is 9.69. The number of benzene rings is 2. The van der Waals surface area contributed by atoms with Crippen LogP contribution in [-0.2, 0) is 22.6 Å². The van der Waals surface area contributed by atoms with Gasteiger partial charge >= 0.3 is 0 Å². The minimum atomic E-state index is -0.556. The average molecular weight is 505 g/mol. The van der Waals surface area contributed by atoms with E-state index < -0.39 is 6.04 Å². The molecule has 1 N–H and O–H groups in total. The molecule has 1 aliphatic carbocycles. The van der Waals surface area contributed by atoms with Crippen molar-refractivity contribution in [3.63, 3.8) is 0 Å². The maximum absolute atomic E-state index is 13.5. The van der Waals surface area contributed by atoms with Crippen molar-refractivity contribution in [1.82, 2.24) is 10.2 Å². The highest BCUT2D eigenvalue weighted by Crippen LogP contribution is 2.33. The molecule has 2 aromatic carbocycles. The van der Waals surface area contributed by atoms with E-state index in [0.717, 1.165) is 36.8 Å². The fraction of sp³-hybridized carbons (Fsp3) is 0.462. The third-order valence-electron chi connectivity index (χ3n) is 6.49. The van der Waals surface area contributed by atoms with Crippen LogP contribution in [0.2, 0.25) is 10.0 Å². The summed E-state index contributed by atoms with van der Waals surface area (Å²) in [6, 6.07) is 10.7. The summed E-state index contributed by atoms with van der Waals surface area (Å²) >= 11 is 12.3. The molecule has 1 aliphatic heterocycles. The molecule has 2 aliphatic rings. The average Bonchev–Trinajstić information content (AvgIpc) is 3.51. The summed E-state index contributed by atoms with van der Waals surface area (Å²) in [6.45, 7) is 2.43. The molecular weight excluding hydrogens is 475 g/mol. The lowest BCUT2D eigenvalue weighted by Crippen LogP contribution is -2.51. The van der Waals surface area contributed by atoms with Crippen molar-refractivity contribution >= 4 is 35.0 Å². The Bertz CT molecular complexity index is 1040. The van der Waals surface area contributed by atoms with E-state index in [1.54, 1.807) is 17.0 Å². The van der Waals surface area contributed by atoms with Gasteiger partial charge in [-0.15, -0.1) is 0 Å². The molecule has 1 saturated carbocycles. The summed E-state index contributed by atoms with van der Waals surface area (Å²) in [6.07, 6.45) is 5.57. The first-order valence-electron chi connectivity index (χ1n) is 11.9. The summed E-state index contributed by atoms with van der Waals surface area (Å²) in [7, 11) is 0. The van der Waals surface area contributed by atoms with Gasteiger partial charge in [-0.2, -0.15) is 0 Å². The molecule has 2 amide bonds. The zero-order valence-electron chi connectivity index (χ0n) is 19.3. The van der Waals surface area contributed by atoms with Crippen LogP contribution in [0.1, 0.15) is 56.6 Å². The molecule has 1 atom stereocenters. The van der Waals surface area contributed by atoms with E-state index in [1.807, 2.05) is 31.2 Å². The van der Waals surface area contributed by atoms with Crippen molar-refractivity contribution < 1.29 is 19.1 Å². The summed E-state index contributed by atoms with van der Waals surface area (Å²) in [4.78, 5) is 28.4. The third-order valence-corrected chi connectivity index (χ3v) is 7.23. The van der Waals surface area contributed by atoms with Gasteiger partial charge in [0.25, 0.3) is 0 Å². The van der Waals surface area contributed by atoms with Gasteiger partial charge < -0.3 is 19.7 Å². The Balaban J connectivity index is 1.50. The maximum Gasteiger partial charge on any atom is 0.243 e. The first-order valence-corrected chi connectivity index (χ1v) is 12.6. The highest BCUT2D eigenvalue weighted by atomic mass is 35.5. The number of rotatable bonds is 9. The molecule has 0 aromatic heterocycles. The van der Waals surface area contributed by atoms with Crippen LogP contribution in [0.3, 0.4) is 0 Å². The number of nitrogens with zero attached hydrogens (tertiary/aromatic N) is 1. The molecule has 34 heavy (non-hydrogen) atoms. The van der Waals surface area contributed by atoms with E-state index in [4.69, 9.17) is 32.7 Å². The Morgan fingerprint density at radius 3 is 2.50 bits per heavy atom. The monoisotopic (exact) mass is 504 g/mol. The second kappa shape index (κ2) is 11.3. The van der Waals surface area contributed by atoms with Gasteiger partial charge in [0.1, 0.15) is 6.04 Å². The summed E-state index contributed by atoms with van der Waals surface area (Å²) < 4.78 is 10.8. The zero-order valence-corrected chi connectivity index (χ0v) is 20.8. The standard InChI is InChI=1S/C26H30Cl2N2O4/c1-2-22(26(32)29-19-5-3-4-6-19)30(15-18-7-10-20(27)21(28)13-18)25(31)12-9-17-8-11-23-24(14-17)34-16-33-23/h7-8,10-11,13-14,19,22H,2-6,9,12,15-16H2,1H3,(H,29,32)/t22-/m0/s1. The van der Waals surface area contributed by atoms with Crippen LogP contribution in [0.4, 0.5) is 0 Å². The lowest BCUT2D eigenvalue weighted by Gasteiger charge is -2.31. The normalized spacial score (nSPS) is 15.9. The van der Waals surface area contributed by atoms with E-state index in [9.17, 15) is 9.59 Å². The summed E-state index contributed by atoms with van der Waals surface area (Å²) in [5.74, 6) is 1.23. The van der Waals surface area contributed by atoms with Gasteiger partial charge in [0.05, 0.1) is 10.0 Å². The molecule has 8 heteroatoms. The van der Waals surface area contributed by atoms with Crippen molar-refractivity contribution in [3.8, 4) is 11.5 Å². The molecule has 2 aromatic rings. The molecule has 0 spiro atoms. The van der Waals surface area contributed by atoms with Gasteiger partial charge in [0.2, 0.25) is 18.6 Å². The van der Waals surface area contributed by atoms with E-state index in [1.165, 1.54) is 0 Å². The summed E-state index contributed by atoms with van der Waals surface area (Å²) in [5, 5.41) is 4.05. The lowest BCUT2D eigenvalue weighted by atomic mass is 10.1. The number of hydrogen-bond donors (Lipinski definition) is 1. The Morgan fingerprint density at radius 1 is 1.03 bits per heavy atom. The number of carbonyl (C=O) groups excluding carboxylic acids is 2. The quantitative estimate of drug-likeness (QED) is 0.487. The maximum atomic E-state index is 13.5. The van der Waals surface area contributed by atoms with Crippen molar-refractivity contribution in [2.75, 3.05) is 6.79 Å². The number of amides is 2. The topological polar surface area (TPSA) is 67.9 Å². The van der Waals surface area contributed by atoms with Crippen molar-refractivity contribution in [2.45, 2.75) is 70.5 Å². The smallest absolute Gasteiger partial charge is 0.243 e. The molecule has 1 fully saturated rings. The number of aryl methyl sites for hydroxylation is 1. The van der Waals surface area contributed by atoms with E-state index in [0.29, 0.717) is 34.4 Å². The fourth-order valence-electron chi connectivity index (χ4n) is 4.61. The zero-order chi connectivity index (χ0) is 24.1. The summed E-state index contributed by atoms with van der Waals surface area (Å²) in [5.41, 5.74) is 1.81. The molecule has 0 unspecified atom stereocenters. The first kappa shape index (κ1) is 24.7. The lowest BCUT2D eigenvalue weighted by molar-refractivity contribution is -0.141. The van der Waals surface area contributed by atoms with Gasteiger partial charge in [-0.3, -0.25) is 9.59 Å². The number of halogens is 2. The molecule has 182 valence electrons. The second-order valence-electron chi connectivity index (χ2n) is 8.87. The fourth-order valence-corrected chi connectivity index (χ4v) is 4.93. The van der Waals surface area contributed by atoms with Crippen LogP contribution < -0.4 is 14.8 Å². The molecule has 1 heterocycles. The minimum absolute atomic E-state index is 0.0860. The van der Waals surface area contributed by atoms with Crippen molar-refractivity contribution in [3.05, 3.63) is 57.6 Å². The van der Waals surface area contributed by atoms with E-state index in [-0.39, 0.29) is 37.6 Å². The Labute approximate surface area is 210 Å². The highest BCUT2D eigenvalue weighted by molar-refractivity contribution is 6.42. The number of fused-ring (bicyclic) bond motifs is 1. The number of ether oxygens (including phenoxy) is 2. The first-order chi connectivity index (χ1) is 16.4. The van der Waals surface area contributed by atoms with Crippen LogP contribution in [0, 0.1) is 0 Å². The molecule has 4 rings (SSSR count). The number of hydrogen-bond acceptors (Lipinski definition) is 4. The largest absolute Gasteiger partial charge is 0.454 e. The predicted octanol–water partition coefficient (Wildman–Crippen LogP) is 5.52. The van der Waals surface area contributed by atoms with Gasteiger partial charge in [-0.05, 0) is 61.1 Å². The van der Waals surface area contributed by atoms with Gasteiger partial charge in [0.15, 0.2) is 11.5 Å². The van der Waals surface area contributed by atoms with Crippen LogP contribution in [0.25, 0.3) is 0 Å². The Kier molecular flexibility index (Phi) is 8.22. The van der Waals surface area contributed by atoms with Gasteiger partial charge in [-0.1, -0.05) is 55.1 Å². The molecule has 6 nitrogen and oxygen atoms in total. The minimum Gasteiger partial charge on any atom is -0.454 e. The van der Waals surface area contributed by atoms with Crippen LogP contribution in [-0.4, -0.2) is 35.6 Å². The molecular formula is C26H30Cl2N2O4. The Hall–Kier alpha value is -2.44. The van der Waals surface area contributed by atoms with Crippen LogP contribution >= 0.6 is 23.2 Å². The number of nitrogens with one attached hydrogen (secondary N) is 1. The molecule has 0 bridgehead atoms. The van der Waals surface area contributed by atoms with E-state index in [2.05, 4.69) is 5.32 Å². The van der Waals surface area contributed by atoms with Crippen LogP contribution in [0.5, 0.6) is 11.5 Å². The van der Waals surface area contributed by atoms with E-state index >= 15 is 0 Å². The molecule has 0 radical (unpaired) electrons. The number of carbonyl (C=O) groups is 2. The van der Waals surface area contributed by atoms with Gasteiger partial charge in [0, 0.05) is 19.0 Å². The van der Waals surface area contributed by atoms with Gasteiger partial charge in [-0.25, -0.2) is 0 Å². The van der Waals surface area contributed by atoms with Crippen molar-refractivity contribution in [2.24, 2.45) is 0 Å². The molecule has 0 saturated heterocycles. The van der Waals surface area contributed by atoms with Crippen LogP contribution in [0.15, 0.2) is 36.4 Å². The highest BCUT2D eigenvalue weighted by Gasteiger charge is 2.30. The predicted molar refractivity (Wildman–Crippen MR) is 132 cm³/mol. The van der Waals surface area contributed by atoms with Crippen molar-refractivity contribution in [1.29, 1.82) is 0 Å². The third kappa shape index (κ3) is 5.97.